The SMILES string of the molecule is COc1ccc(C2CC2C(=O)Nc2ccc(C(=O)O)cc2)cc1. The second kappa shape index (κ2) is 6.12. The van der Waals surface area contributed by atoms with Gasteiger partial charge in [0.25, 0.3) is 0 Å². The van der Waals surface area contributed by atoms with E-state index in [1.165, 1.54) is 12.1 Å². The maximum Gasteiger partial charge on any atom is 0.335 e. The van der Waals surface area contributed by atoms with Crippen molar-refractivity contribution in [2.45, 2.75) is 12.3 Å². The van der Waals surface area contributed by atoms with Crippen LogP contribution in [0.2, 0.25) is 0 Å². The third-order valence-electron chi connectivity index (χ3n) is 4.07. The van der Waals surface area contributed by atoms with E-state index in [1.807, 2.05) is 24.3 Å². The Hall–Kier alpha value is -2.82. The number of carboxylic acid groups (broad SMARTS) is 1. The normalized spacial score (nSPS) is 19.0. The molecule has 0 heterocycles. The van der Waals surface area contributed by atoms with Crippen LogP contribution in [0.15, 0.2) is 48.5 Å². The van der Waals surface area contributed by atoms with Gasteiger partial charge in [-0.3, -0.25) is 4.79 Å². The summed E-state index contributed by atoms with van der Waals surface area (Å²) in [5.74, 6) is -0.0193. The first-order valence-corrected chi connectivity index (χ1v) is 7.36. The minimum absolute atomic E-state index is 0.0334. The summed E-state index contributed by atoms with van der Waals surface area (Å²) in [6.07, 6.45) is 0.825. The van der Waals surface area contributed by atoms with Gasteiger partial charge >= 0.3 is 5.97 Å². The topological polar surface area (TPSA) is 75.6 Å². The van der Waals surface area contributed by atoms with Gasteiger partial charge in [-0.15, -0.1) is 0 Å². The van der Waals surface area contributed by atoms with Gasteiger partial charge in [0.2, 0.25) is 5.91 Å². The largest absolute Gasteiger partial charge is 0.497 e. The number of carbonyl (C=O) groups is 2. The van der Waals surface area contributed by atoms with Crippen molar-refractivity contribution < 1.29 is 19.4 Å². The Labute approximate surface area is 133 Å². The molecule has 5 nitrogen and oxygen atoms in total. The fourth-order valence-electron chi connectivity index (χ4n) is 2.64. The maximum absolute atomic E-state index is 12.2. The molecule has 1 amide bonds. The predicted octanol–water partition coefficient (Wildman–Crippen LogP) is 3.14. The van der Waals surface area contributed by atoms with E-state index in [-0.39, 0.29) is 23.3 Å². The molecule has 0 spiro atoms. The average Bonchev–Trinajstić information content (AvgIpc) is 3.36. The zero-order valence-corrected chi connectivity index (χ0v) is 12.7. The first-order chi connectivity index (χ1) is 11.1. The molecule has 1 aliphatic rings. The summed E-state index contributed by atoms with van der Waals surface area (Å²) in [7, 11) is 1.62. The predicted molar refractivity (Wildman–Crippen MR) is 85.9 cm³/mol. The van der Waals surface area contributed by atoms with Crippen LogP contribution in [-0.2, 0) is 4.79 Å². The lowest BCUT2D eigenvalue weighted by molar-refractivity contribution is -0.117. The smallest absolute Gasteiger partial charge is 0.335 e. The summed E-state index contributed by atoms with van der Waals surface area (Å²) < 4.78 is 5.13. The fourth-order valence-corrected chi connectivity index (χ4v) is 2.64. The molecule has 23 heavy (non-hydrogen) atoms. The molecule has 1 fully saturated rings. The number of hydrogen-bond donors (Lipinski definition) is 2. The molecule has 5 heteroatoms. The van der Waals surface area contributed by atoms with Crippen molar-refractivity contribution in [1.82, 2.24) is 0 Å². The van der Waals surface area contributed by atoms with Crippen LogP contribution < -0.4 is 10.1 Å². The third-order valence-corrected chi connectivity index (χ3v) is 4.07. The van der Waals surface area contributed by atoms with E-state index in [0.717, 1.165) is 17.7 Å². The van der Waals surface area contributed by atoms with E-state index in [0.29, 0.717) is 5.69 Å². The molecule has 2 N–H and O–H groups in total. The number of nitrogens with one attached hydrogen (secondary N) is 1. The fraction of sp³-hybridized carbons (Fsp3) is 0.222. The molecule has 1 saturated carbocycles. The zero-order valence-electron chi connectivity index (χ0n) is 12.7. The highest BCUT2D eigenvalue weighted by Crippen LogP contribution is 2.48. The van der Waals surface area contributed by atoms with Gasteiger partial charge in [0.05, 0.1) is 12.7 Å². The number of aromatic carboxylic acids is 1. The third kappa shape index (κ3) is 3.34. The van der Waals surface area contributed by atoms with E-state index in [4.69, 9.17) is 9.84 Å². The van der Waals surface area contributed by atoms with Gasteiger partial charge in [-0.05, 0) is 54.3 Å². The van der Waals surface area contributed by atoms with Gasteiger partial charge in [-0.1, -0.05) is 12.1 Å². The number of carbonyl (C=O) groups excluding carboxylic acids is 1. The molecule has 118 valence electrons. The molecular weight excluding hydrogens is 294 g/mol. The summed E-state index contributed by atoms with van der Waals surface area (Å²) in [5.41, 5.74) is 1.94. The lowest BCUT2D eigenvalue weighted by Crippen LogP contribution is -2.14. The number of anilines is 1. The molecule has 2 unspecified atom stereocenters. The molecule has 0 saturated heterocycles. The number of rotatable bonds is 5. The number of hydrogen-bond acceptors (Lipinski definition) is 3. The Morgan fingerprint density at radius 2 is 1.74 bits per heavy atom. The quantitative estimate of drug-likeness (QED) is 0.889. The highest BCUT2D eigenvalue weighted by molar-refractivity contribution is 5.96. The van der Waals surface area contributed by atoms with E-state index in [2.05, 4.69) is 5.32 Å². The first kappa shape index (κ1) is 15.1. The Bertz CT molecular complexity index is 722. The minimum Gasteiger partial charge on any atom is -0.497 e. The number of methoxy groups -OCH3 is 1. The van der Waals surface area contributed by atoms with Crippen LogP contribution in [0.25, 0.3) is 0 Å². The van der Waals surface area contributed by atoms with Crippen molar-refractivity contribution in [2.75, 3.05) is 12.4 Å². The summed E-state index contributed by atoms with van der Waals surface area (Å²) in [6, 6.07) is 13.9. The van der Waals surface area contributed by atoms with Crippen molar-refractivity contribution in [2.24, 2.45) is 5.92 Å². The summed E-state index contributed by atoms with van der Waals surface area (Å²) in [5, 5.41) is 11.7. The van der Waals surface area contributed by atoms with E-state index in [9.17, 15) is 9.59 Å². The maximum atomic E-state index is 12.2. The van der Waals surface area contributed by atoms with Crippen molar-refractivity contribution in [3.8, 4) is 5.75 Å². The summed E-state index contributed by atoms with van der Waals surface area (Å²) >= 11 is 0. The van der Waals surface area contributed by atoms with Crippen molar-refractivity contribution in [3.05, 3.63) is 59.7 Å². The Morgan fingerprint density at radius 3 is 2.30 bits per heavy atom. The van der Waals surface area contributed by atoms with Gasteiger partial charge in [-0.25, -0.2) is 4.79 Å². The zero-order chi connectivity index (χ0) is 16.4. The second-order valence-corrected chi connectivity index (χ2v) is 5.59. The van der Waals surface area contributed by atoms with Gasteiger partial charge < -0.3 is 15.2 Å². The van der Waals surface area contributed by atoms with E-state index < -0.39 is 5.97 Å². The molecule has 3 rings (SSSR count). The number of amides is 1. The molecule has 0 radical (unpaired) electrons. The van der Waals surface area contributed by atoms with Crippen LogP contribution in [0.3, 0.4) is 0 Å². The lowest BCUT2D eigenvalue weighted by Gasteiger charge is -2.06. The summed E-state index contributed by atoms with van der Waals surface area (Å²) in [4.78, 5) is 23.1. The van der Waals surface area contributed by atoms with Crippen molar-refractivity contribution in [1.29, 1.82) is 0 Å². The van der Waals surface area contributed by atoms with Crippen LogP contribution in [0.4, 0.5) is 5.69 Å². The van der Waals surface area contributed by atoms with E-state index >= 15 is 0 Å². The number of ether oxygens (including phenoxy) is 1. The minimum atomic E-state index is -0.982. The van der Waals surface area contributed by atoms with Crippen LogP contribution in [0.1, 0.15) is 28.3 Å². The standard InChI is InChI=1S/C18H17NO4/c1-23-14-8-4-11(5-9-14)15-10-16(15)17(20)19-13-6-2-12(3-7-13)18(21)22/h2-9,15-16H,10H2,1H3,(H,19,20)(H,21,22). The van der Waals surface area contributed by atoms with Gasteiger partial charge in [0.15, 0.2) is 0 Å². The lowest BCUT2D eigenvalue weighted by atomic mass is 10.1. The highest BCUT2D eigenvalue weighted by Gasteiger charge is 2.43. The number of carboxylic acids is 1. The second-order valence-electron chi connectivity index (χ2n) is 5.59. The van der Waals surface area contributed by atoms with Gasteiger partial charge in [-0.2, -0.15) is 0 Å². The van der Waals surface area contributed by atoms with Gasteiger partial charge in [0, 0.05) is 11.6 Å². The molecule has 2 aromatic carbocycles. The van der Waals surface area contributed by atoms with Gasteiger partial charge in [0.1, 0.15) is 5.75 Å². The van der Waals surface area contributed by atoms with Crippen LogP contribution in [0, 0.1) is 5.92 Å². The number of benzene rings is 2. The van der Waals surface area contributed by atoms with Crippen LogP contribution in [-0.4, -0.2) is 24.1 Å². The average molecular weight is 311 g/mol. The van der Waals surface area contributed by atoms with E-state index in [1.54, 1.807) is 19.2 Å². The Morgan fingerprint density at radius 1 is 1.09 bits per heavy atom. The Kier molecular flexibility index (Phi) is 4.02. The Balaban J connectivity index is 1.60. The molecule has 2 aromatic rings. The molecular formula is C18H17NO4. The highest BCUT2D eigenvalue weighted by atomic mass is 16.5. The van der Waals surface area contributed by atoms with Crippen LogP contribution in [0.5, 0.6) is 5.75 Å². The van der Waals surface area contributed by atoms with Crippen molar-refractivity contribution >= 4 is 17.6 Å². The van der Waals surface area contributed by atoms with Crippen molar-refractivity contribution in [3.63, 3.8) is 0 Å². The molecule has 2 atom stereocenters. The monoisotopic (exact) mass is 311 g/mol. The molecule has 0 bridgehead atoms. The molecule has 0 aromatic heterocycles. The first-order valence-electron chi connectivity index (χ1n) is 7.36. The van der Waals surface area contributed by atoms with Crippen LogP contribution >= 0.6 is 0 Å². The molecule has 0 aliphatic heterocycles. The summed E-state index contributed by atoms with van der Waals surface area (Å²) in [6.45, 7) is 0. The molecule has 1 aliphatic carbocycles.